The van der Waals surface area contributed by atoms with Crippen LogP contribution in [0.25, 0.3) is 10.8 Å². The van der Waals surface area contributed by atoms with Crippen LogP contribution in [0.5, 0.6) is 5.75 Å². The van der Waals surface area contributed by atoms with Gasteiger partial charge in [-0.3, -0.25) is 14.5 Å². The molecule has 6 nitrogen and oxygen atoms in total. The van der Waals surface area contributed by atoms with Crippen molar-refractivity contribution in [2.45, 2.75) is 19.5 Å². The van der Waals surface area contributed by atoms with Crippen molar-refractivity contribution in [2.75, 3.05) is 27.7 Å². The van der Waals surface area contributed by atoms with E-state index in [0.29, 0.717) is 6.54 Å². The third kappa shape index (κ3) is 4.70. The average molecular weight is 343 g/mol. The highest BCUT2D eigenvalue weighted by atomic mass is 16.5. The summed E-state index contributed by atoms with van der Waals surface area (Å²) in [6, 6.07) is 11.6. The monoisotopic (exact) mass is 343 g/mol. The van der Waals surface area contributed by atoms with Gasteiger partial charge >= 0.3 is 0 Å². The van der Waals surface area contributed by atoms with Crippen LogP contribution in [0, 0.1) is 0 Å². The predicted molar refractivity (Wildman–Crippen MR) is 98.3 cm³/mol. The highest BCUT2D eigenvalue weighted by molar-refractivity contribution is 5.85. The van der Waals surface area contributed by atoms with Crippen molar-refractivity contribution in [3.63, 3.8) is 0 Å². The molecule has 0 bridgehead atoms. The third-order valence-corrected chi connectivity index (χ3v) is 4.33. The van der Waals surface area contributed by atoms with Gasteiger partial charge in [-0.05, 0) is 48.5 Å². The molecular weight excluding hydrogens is 318 g/mol. The zero-order valence-corrected chi connectivity index (χ0v) is 15.2. The van der Waals surface area contributed by atoms with Gasteiger partial charge in [0.15, 0.2) is 0 Å². The molecule has 2 rings (SSSR count). The van der Waals surface area contributed by atoms with Gasteiger partial charge in [0.1, 0.15) is 5.75 Å². The number of carbonyl (C=O) groups excluding carboxylic acids is 2. The lowest BCUT2D eigenvalue weighted by Gasteiger charge is -2.27. The molecular formula is C19H25N3O3. The van der Waals surface area contributed by atoms with Crippen LogP contribution in [-0.2, 0) is 16.1 Å². The van der Waals surface area contributed by atoms with Crippen LogP contribution in [0.2, 0.25) is 0 Å². The SMILES string of the molecule is COc1ccc2cc(CN(C)C(=O)[C@H](C)N(C)CC(N)=O)ccc2c1. The fraction of sp³-hybridized carbons (Fsp3) is 0.368. The molecule has 0 unspecified atom stereocenters. The molecule has 0 fully saturated rings. The molecule has 2 amide bonds. The number of hydrogen-bond donors (Lipinski definition) is 1. The Morgan fingerprint density at radius 1 is 1.12 bits per heavy atom. The van der Waals surface area contributed by atoms with Crippen LogP contribution in [0.1, 0.15) is 12.5 Å². The average Bonchev–Trinajstić information content (AvgIpc) is 2.59. The summed E-state index contributed by atoms with van der Waals surface area (Å²) in [5.41, 5.74) is 6.23. The fourth-order valence-corrected chi connectivity index (χ4v) is 2.74. The topological polar surface area (TPSA) is 75.9 Å². The third-order valence-electron chi connectivity index (χ3n) is 4.33. The summed E-state index contributed by atoms with van der Waals surface area (Å²) in [5.74, 6) is 0.312. The first-order valence-corrected chi connectivity index (χ1v) is 8.12. The molecule has 0 saturated heterocycles. The first kappa shape index (κ1) is 18.7. The number of rotatable bonds is 7. The van der Waals surface area contributed by atoms with E-state index in [1.54, 1.807) is 37.9 Å². The van der Waals surface area contributed by atoms with Crippen LogP contribution in [-0.4, -0.2) is 55.4 Å². The number of hydrogen-bond acceptors (Lipinski definition) is 4. The number of primary amides is 1. The van der Waals surface area contributed by atoms with Gasteiger partial charge in [0.2, 0.25) is 11.8 Å². The Balaban J connectivity index is 2.08. The van der Waals surface area contributed by atoms with Gasteiger partial charge < -0.3 is 15.4 Å². The maximum Gasteiger partial charge on any atom is 0.239 e. The largest absolute Gasteiger partial charge is 0.497 e. The van der Waals surface area contributed by atoms with Crippen molar-refractivity contribution in [1.82, 2.24) is 9.80 Å². The highest BCUT2D eigenvalue weighted by Gasteiger charge is 2.22. The van der Waals surface area contributed by atoms with E-state index in [-0.39, 0.29) is 12.5 Å². The van der Waals surface area contributed by atoms with Gasteiger partial charge in [0.25, 0.3) is 0 Å². The van der Waals surface area contributed by atoms with E-state index in [1.807, 2.05) is 30.3 Å². The summed E-state index contributed by atoms with van der Waals surface area (Å²) in [7, 11) is 5.12. The maximum atomic E-state index is 12.5. The van der Waals surface area contributed by atoms with Gasteiger partial charge in [-0.25, -0.2) is 0 Å². The molecule has 0 saturated carbocycles. The maximum absolute atomic E-state index is 12.5. The van der Waals surface area contributed by atoms with Crippen molar-refractivity contribution in [2.24, 2.45) is 5.73 Å². The van der Waals surface area contributed by atoms with Gasteiger partial charge in [0.05, 0.1) is 19.7 Å². The lowest BCUT2D eigenvalue weighted by molar-refractivity contribution is -0.135. The molecule has 25 heavy (non-hydrogen) atoms. The standard InChI is InChI=1S/C19H25N3O3/c1-13(21(2)12-18(20)23)19(24)22(3)11-14-5-6-16-10-17(25-4)8-7-15(16)9-14/h5-10,13H,11-12H2,1-4H3,(H2,20,23)/t13-/m0/s1. The Bertz CT molecular complexity index is 776. The van der Waals surface area contributed by atoms with Crippen molar-refractivity contribution in [3.05, 3.63) is 42.0 Å². The van der Waals surface area contributed by atoms with Crippen LogP contribution >= 0.6 is 0 Å². The number of methoxy groups -OCH3 is 1. The van der Waals surface area contributed by atoms with E-state index >= 15 is 0 Å². The zero-order chi connectivity index (χ0) is 18.6. The van der Waals surface area contributed by atoms with E-state index in [9.17, 15) is 9.59 Å². The molecule has 2 aromatic rings. The molecule has 0 aliphatic heterocycles. The first-order valence-electron chi connectivity index (χ1n) is 8.12. The Morgan fingerprint density at radius 3 is 2.40 bits per heavy atom. The van der Waals surface area contributed by atoms with Crippen molar-refractivity contribution < 1.29 is 14.3 Å². The lowest BCUT2D eigenvalue weighted by atomic mass is 10.1. The second-order valence-electron chi connectivity index (χ2n) is 6.30. The summed E-state index contributed by atoms with van der Waals surface area (Å²) in [5, 5.41) is 2.18. The van der Waals surface area contributed by atoms with Crippen molar-refractivity contribution in [1.29, 1.82) is 0 Å². The van der Waals surface area contributed by atoms with Gasteiger partial charge in [0, 0.05) is 13.6 Å². The summed E-state index contributed by atoms with van der Waals surface area (Å²) in [6.45, 7) is 2.32. The molecule has 0 aliphatic rings. The highest BCUT2D eigenvalue weighted by Crippen LogP contribution is 2.22. The Morgan fingerprint density at radius 2 is 1.76 bits per heavy atom. The Kier molecular flexibility index (Phi) is 5.98. The molecule has 0 heterocycles. The second-order valence-corrected chi connectivity index (χ2v) is 6.30. The van der Waals surface area contributed by atoms with Gasteiger partial charge in [-0.1, -0.05) is 18.2 Å². The molecule has 2 aromatic carbocycles. The number of nitrogens with two attached hydrogens (primary N) is 1. The van der Waals surface area contributed by atoms with Crippen molar-refractivity contribution in [3.8, 4) is 5.75 Å². The molecule has 0 radical (unpaired) electrons. The second kappa shape index (κ2) is 7.98. The van der Waals surface area contributed by atoms with E-state index in [1.165, 1.54) is 0 Å². The minimum absolute atomic E-state index is 0.0541. The molecule has 134 valence electrons. The van der Waals surface area contributed by atoms with Crippen LogP contribution in [0.15, 0.2) is 36.4 Å². The first-order chi connectivity index (χ1) is 11.8. The van der Waals surface area contributed by atoms with E-state index in [0.717, 1.165) is 22.1 Å². The number of carbonyl (C=O) groups is 2. The Hall–Kier alpha value is -2.60. The molecule has 0 spiro atoms. The van der Waals surface area contributed by atoms with Crippen LogP contribution < -0.4 is 10.5 Å². The fourth-order valence-electron chi connectivity index (χ4n) is 2.74. The predicted octanol–water partition coefficient (Wildman–Crippen LogP) is 1.61. The van der Waals surface area contributed by atoms with E-state index in [2.05, 4.69) is 6.07 Å². The minimum Gasteiger partial charge on any atom is -0.497 e. The number of likely N-dealkylation sites (N-methyl/N-ethyl adjacent to an activating group) is 2. The lowest BCUT2D eigenvalue weighted by Crippen LogP contribution is -2.46. The quantitative estimate of drug-likeness (QED) is 0.829. The summed E-state index contributed by atoms with van der Waals surface area (Å²) in [4.78, 5) is 26.9. The molecule has 1 atom stereocenters. The molecule has 2 N–H and O–H groups in total. The summed E-state index contributed by atoms with van der Waals surface area (Å²) in [6.07, 6.45) is 0. The number of fused-ring (bicyclic) bond motifs is 1. The van der Waals surface area contributed by atoms with Gasteiger partial charge in [-0.2, -0.15) is 0 Å². The number of ether oxygens (including phenoxy) is 1. The minimum atomic E-state index is -0.449. The number of amides is 2. The normalized spacial score (nSPS) is 12.2. The smallest absolute Gasteiger partial charge is 0.239 e. The van der Waals surface area contributed by atoms with E-state index < -0.39 is 11.9 Å². The van der Waals surface area contributed by atoms with Crippen LogP contribution in [0.4, 0.5) is 0 Å². The summed E-state index contributed by atoms with van der Waals surface area (Å²) >= 11 is 0. The van der Waals surface area contributed by atoms with Gasteiger partial charge in [-0.15, -0.1) is 0 Å². The number of benzene rings is 2. The Labute approximate surface area is 148 Å². The molecule has 0 aromatic heterocycles. The van der Waals surface area contributed by atoms with E-state index in [4.69, 9.17) is 10.5 Å². The number of nitrogens with zero attached hydrogens (tertiary/aromatic N) is 2. The zero-order valence-electron chi connectivity index (χ0n) is 15.2. The summed E-state index contributed by atoms with van der Waals surface area (Å²) < 4.78 is 5.23. The molecule has 6 heteroatoms. The van der Waals surface area contributed by atoms with Crippen molar-refractivity contribution >= 4 is 22.6 Å². The molecule has 0 aliphatic carbocycles. The van der Waals surface area contributed by atoms with Crippen LogP contribution in [0.3, 0.4) is 0 Å².